The Hall–Kier alpha value is -1.59. The van der Waals surface area contributed by atoms with E-state index in [9.17, 15) is 30.3 Å². The number of carbonyl (C=O) groups is 1. The first-order valence-electron chi connectivity index (χ1n) is 14.2. The van der Waals surface area contributed by atoms with E-state index < -0.39 is 49.5 Å². The molecule has 0 spiro atoms. The van der Waals surface area contributed by atoms with Gasteiger partial charge in [-0.3, -0.25) is 4.79 Å². The molecule has 0 aromatic carbocycles. The highest BCUT2D eigenvalue weighted by Gasteiger charge is 2.44. The molecule has 1 saturated heterocycles. The standard InChI is InChI=1S/C29H51NO8/c1-3-5-6-7-8-9-10-11-12-13-14-15-16-17-19-23(32)22(30-25(33)18-4-2)21-37-29-28(36)27(35)26(34)24(20-31)38-29/h9-10,13-14,17,19,22-24,26-29,31-32,34-36H,3-8,11-12,15-16,18,20-21H2,1-2H3,(H,30,33)/b10-9+,14-13+,19-17+. The summed E-state index contributed by atoms with van der Waals surface area (Å²) >= 11 is 0. The molecule has 0 aromatic rings. The SMILES string of the molecule is CCCCCC/C=C/CC/C=C/CC/C=C/C(O)C(COC1OC(CO)C(O)C(O)C1O)NC(=O)CCC. The summed E-state index contributed by atoms with van der Waals surface area (Å²) in [6.07, 6.45) is 14.9. The average molecular weight is 542 g/mol. The molecule has 7 unspecified atom stereocenters. The van der Waals surface area contributed by atoms with E-state index in [4.69, 9.17) is 9.47 Å². The molecule has 6 N–H and O–H groups in total. The van der Waals surface area contributed by atoms with Crippen LogP contribution in [0.5, 0.6) is 0 Å². The van der Waals surface area contributed by atoms with E-state index in [0.717, 1.165) is 32.1 Å². The highest BCUT2D eigenvalue weighted by molar-refractivity contribution is 5.76. The second kappa shape index (κ2) is 21.3. The number of ether oxygens (including phenoxy) is 2. The first-order valence-corrected chi connectivity index (χ1v) is 14.2. The number of aliphatic hydroxyl groups is 5. The zero-order valence-electron chi connectivity index (χ0n) is 23.2. The van der Waals surface area contributed by atoms with Crippen LogP contribution in [0, 0.1) is 0 Å². The number of hydrogen-bond acceptors (Lipinski definition) is 8. The summed E-state index contributed by atoms with van der Waals surface area (Å²) in [6, 6.07) is -0.818. The summed E-state index contributed by atoms with van der Waals surface area (Å²) in [5.41, 5.74) is 0. The van der Waals surface area contributed by atoms with Crippen molar-refractivity contribution in [2.75, 3.05) is 13.2 Å². The summed E-state index contributed by atoms with van der Waals surface area (Å²) in [7, 11) is 0. The third-order valence-electron chi connectivity index (χ3n) is 6.42. The van der Waals surface area contributed by atoms with Gasteiger partial charge in [-0.05, 0) is 44.9 Å². The van der Waals surface area contributed by atoms with Crippen molar-refractivity contribution in [1.29, 1.82) is 0 Å². The zero-order chi connectivity index (χ0) is 28.2. The van der Waals surface area contributed by atoms with Crippen LogP contribution in [0.3, 0.4) is 0 Å². The van der Waals surface area contributed by atoms with Gasteiger partial charge in [-0.15, -0.1) is 0 Å². The maximum absolute atomic E-state index is 12.2. The van der Waals surface area contributed by atoms with E-state index in [2.05, 4.69) is 36.5 Å². The Morgan fingerprint density at radius 2 is 1.50 bits per heavy atom. The zero-order valence-corrected chi connectivity index (χ0v) is 23.2. The number of amides is 1. The summed E-state index contributed by atoms with van der Waals surface area (Å²) < 4.78 is 10.9. The number of aliphatic hydroxyl groups excluding tert-OH is 5. The Morgan fingerprint density at radius 3 is 2.11 bits per heavy atom. The Balaban J connectivity index is 2.47. The van der Waals surface area contributed by atoms with Gasteiger partial charge in [0, 0.05) is 6.42 Å². The van der Waals surface area contributed by atoms with Crippen LogP contribution in [0.1, 0.15) is 84.5 Å². The minimum absolute atomic E-state index is 0.213. The lowest BCUT2D eigenvalue weighted by Crippen LogP contribution is -2.60. The average Bonchev–Trinajstić information content (AvgIpc) is 2.90. The molecular formula is C29H51NO8. The quantitative estimate of drug-likeness (QED) is 0.102. The molecular weight excluding hydrogens is 490 g/mol. The van der Waals surface area contributed by atoms with Crippen molar-refractivity contribution in [3.63, 3.8) is 0 Å². The minimum Gasteiger partial charge on any atom is -0.394 e. The fourth-order valence-electron chi connectivity index (χ4n) is 4.05. The number of allylic oxidation sites excluding steroid dienone is 5. The monoisotopic (exact) mass is 541 g/mol. The summed E-state index contributed by atoms with van der Waals surface area (Å²) in [4.78, 5) is 12.2. The van der Waals surface area contributed by atoms with E-state index in [-0.39, 0.29) is 18.9 Å². The molecule has 0 aromatic heterocycles. The first-order chi connectivity index (χ1) is 18.3. The molecule has 0 radical (unpaired) electrons. The normalized spacial score (nSPS) is 25.9. The molecule has 1 rings (SSSR count). The van der Waals surface area contributed by atoms with Crippen molar-refractivity contribution in [3.8, 4) is 0 Å². The van der Waals surface area contributed by atoms with Crippen molar-refractivity contribution in [1.82, 2.24) is 5.32 Å². The molecule has 1 amide bonds. The van der Waals surface area contributed by atoms with Crippen LogP contribution in [0.15, 0.2) is 36.5 Å². The fraction of sp³-hybridized carbons (Fsp3) is 0.759. The van der Waals surface area contributed by atoms with Crippen LogP contribution < -0.4 is 5.32 Å². The van der Waals surface area contributed by atoms with E-state index in [1.54, 1.807) is 6.08 Å². The number of carbonyl (C=O) groups excluding carboxylic acids is 1. The molecule has 9 nitrogen and oxygen atoms in total. The van der Waals surface area contributed by atoms with Crippen LogP contribution in [-0.4, -0.2) is 87.5 Å². The van der Waals surface area contributed by atoms with Crippen molar-refractivity contribution in [2.24, 2.45) is 0 Å². The van der Waals surface area contributed by atoms with Crippen molar-refractivity contribution < 1.29 is 39.8 Å². The van der Waals surface area contributed by atoms with Crippen molar-refractivity contribution >= 4 is 5.91 Å². The predicted molar refractivity (Wildman–Crippen MR) is 147 cm³/mol. The van der Waals surface area contributed by atoms with Crippen LogP contribution in [-0.2, 0) is 14.3 Å². The van der Waals surface area contributed by atoms with Gasteiger partial charge in [0.25, 0.3) is 0 Å². The van der Waals surface area contributed by atoms with Crippen LogP contribution in [0.2, 0.25) is 0 Å². The number of nitrogens with one attached hydrogen (secondary N) is 1. The van der Waals surface area contributed by atoms with Gasteiger partial charge in [-0.1, -0.05) is 69.6 Å². The van der Waals surface area contributed by atoms with Gasteiger partial charge in [0.2, 0.25) is 5.91 Å². The summed E-state index contributed by atoms with van der Waals surface area (Å²) in [5, 5.41) is 52.8. The Morgan fingerprint density at radius 1 is 0.868 bits per heavy atom. The van der Waals surface area contributed by atoms with Gasteiger partial charge in [-0.2, -0.15) is 0 Å². The van der Waals surface area contributed by atoms with E-state index >= 15 is 0 Å². The van der Waals surface area contributed by atoms with Crippen molar-refractivity contribution in [2.45, 2.75) is 127 Å². The van der Waals surface area contributed by atoms with E-state index in [0.29, 0.717) is 6.42 Å². The maximum Gasteiger partial charge on any atom is 0.220 e. The third kappa shape index (κ3) is 14.0. The Labute approximate surface area is 228 Å². The van der Waals surface area contributed by atoms with Gasteiger partial charge < -0.3 is 40.3 Å². The van der Waals surface area contributed by atoms with Crippen LogP contribution in [0.25, 0.3) is 0 Å². The largest absolute Gasteiger partial charge is 0.394 e. The van der Waals surface area contributed by atoms with Crippen LogP contribution >= 0.6 is 0 Å². The van der Waals surface area contributed by atoms with E-state index in [1.807, 2.05) is 13.0 Å². The van der Waals surface area contributed by atoms with Gasteiger partial charge >= 0.3 is 0 Å². The molecule has 220 valence electrons. The predicted octanol–water partition coefficient (Wildman–Crippen LogP) is 2.65. The first kappa shape index (κ1) is 34.4. The molecule has 0 bridgehead atoms. The van der Waals surface area contributed by atoms with Gasteiger partial charge in [0.05, 0.1) is 25.4 Å². The molecule has 38 heavy (non-hydrogen) atoms. The second-order valence-electron chi connectivity index (χ2n) is 9.82. The molecule has 9 heteroatoms. The van der Waals surface area contributed by atoms with Crippen LogP contribution in [0.4, 0.5) is 0 Å². The summed E-state index contributed by atoms with van der Waals surface area (Å²) in [5.74, 6) is -0.250. The molecule has 1 heterocycles. The number of unbranched alkanes of at least 4 members (excludes halogenated alkanes) is 6. The topological polar surface area (TPSA) is 149 Å². The molecule has 1 fully saturated rings. The van der Waals surface area contributed by atoms with Gasteiger partial charge in [0.1, 0.15) is 24.4 Å². The highest BCUT2D eigenvalue weighted by atomic mass is 16.7. The third-order valence-corrected chi connectivity index (χ3v) is 6.42. The molecule has 0 saturated carbocycles. The van der Waals surface area contributed by atoms with Gasteiger partial charge in [-0.25, -0.2) is 0 Å². The summed E-state index contributed by atoms with van der Waals surface area (Å²) in [6.45, 7) is 3.30. The number of hydrogen-bond donors (Lipinski definition) is 6. The smallest absolute Gasteiger partial charge is 0.220 e. The maximum atomic E-state index is 12.2. The molecule has 1 aliphatic heterocycles. The number of rotatable bonds is 20. The lowest BCUT2D eigenvalue weighted by atomic mass is 9.99. The van der Waals surface area contributed by atoms with E-state index in [1.165, 1.54) is 25.7 Å². The Bertz CT molecular complexity index is 696. The fourth-order valence-corrected chi connectivity index (χ4v) is 4.05. The minimum atomic E-state index is -1.57. The lowest BCUT2D eigenvalue weighted by molar-refractivity contribution is -0.302. The molecule has 0 aliphatic carbocycles. The molecule has 1 aliphatic rings. The van der Waals surface area contributed by atoms with Crippen molar-refractivity contribution in [3.05, 3.63) is 36.5 Å². The Kier molecular flexibility index (Phi) is 19.3. The lowest BCUT2D eigenvalue weighted by Gasteiger charge is -2.40. The highest BCUT2D eigenvalue weighted by Crippen LogP contribution is 2.22. The molecule has 7 atom stereocenters. The van der Waals surface area contributed by atoms with Gasteiger partial charge in [0.15, 0.2) is 6.29 Å². The second-order valence-corrected chi connectivity index (χ2v) is 9.82.